The number of alkyl halides is 3. The Bertz CT molecular complexity index is 1740. The van der Waals surface area contributed by atoms with Crippen LogP contribution in [-0.2, 0) is 40.5 Å². The number of carbonyl (C=O) groups is 4. The third kappa shape index (κ3) is 6.99. The summed E-state index contributed by atoms with van der Waals surface area (Å²) < 4.78 is 49.4. The molecule has 0 radical (unpaired) electrons. The molecule has 0 unspecified atom stereocenters. The molecule has 6 rings (SSSR count). The molecule has 2 aliphatic carbocycles. The lowest BCUT2D eigenvalue weighted by Gasteiger charge is -2.61. The van der Waals surface area contributed by atoms with Crippen molar-refractivity contribution in [2.45, 2.75) is 93.5 Å². The summed E-state index contributed by atoms with van der Waals surface area (Å²) in [5.41, 5.74) is -1.04. The maximum atomic E-state index is 13.4. The first-order valence-electron chi connectivity index (χ1n) is 16.1. The maximum Gasteiger partial charge on any atom is 0.490 e. The monoisotopic (exact) mass is 720 g/mol. The second-order valence-electron chi connectivity index (χ2n) is 14.0. The Kier molecular flexibility index (Phi) is 9.92. The van der Waals surface area contributed by atoms with Crippen molar-refractivity contribution in [3.63, 3.8) is 0 Å². The van der Waals surface area contributed by atoms with Gasteiger partial charge in [0.05, 0.1) is 17.4 Å². The van der Waals surface area contributed by atoms with E-state index in [-0.39, 0.29) is 29.7 Å². The number of aromatic hydroxyl groups is 1. The number of amides is 1. The normalized spacial score (nSPS) is 25.8. The third-order valence-corrected chi connectivity index (χ3v) is 9.57. The van der Waals surface area contributed by atoms with Gasteiger partial charge in [-0.1, -0.05) is 36.4 Å². The van der Waals surface area contributed by atoms with Crippen LogP contribution in [-0.4, -0.2) is 98.3 Å². The minimum atomic E-state index is -5.08. The van der Waals surface area contributed by atoms with Crippen LogP contribution in [0.5, 0.6) is 11.5 Å². The number of phenols is 1. The number of nitrogens with one attached hydrogen (secondary N) is 1. The number of nitrogens with zero attached hydrogens (tertiary/aromatic N) is 1. The second-order valence-corrected chi connectivity index (χ2v) is 14.0. The van der Waals surface area contributed by atoms with E-state index in [0.29, 0.717) is 24.9 Å². The Morgan fingerprint density at radius 3 is 2.35 bits per heavy atom. The van der Waals surface area contributed by atoms with Crippen LogP contribution in [0.25, 0.3) is 0 Å². The van der Waals surface area contributed by atoms with Gasteiger partial charge in [-0.15, -0.1) is 0 Å². The summed E-state index contributed by atoms with van der Waals surface area (Å²) in [6.07, 6.45) is -5.21. The summed E-state index contributed by atoms with van der Waals surface area (Å²) in [7, 11) is 1.98. The van der Waals surface area contributed by atoms with E-state index in [1.807, 2.05) is 13.1 Å². The van der Waals surface area contributed by atoms with Crippen LogP contribution in [0.3, 0.4) is 0 Å². The lowest BCUT2D eigenvalue weighted by atomic mass is 9.50. The number of carboxylic acid groups (broad SMARTS) is 1. The molecule has 2 aliphatic heterocycles. The quantitative estimate of drug-likeness (QED) is 0.263. The Morgan fingerprint density at radius 2 is 1.75 bits per heavy atom. The number of benzene rings is 2. The number of hydrogen-bond donors (Lipinski definition) is 5. The number of halogens is 3. The molecule has 6 atom stereocenters. The first-order valence-corrected chi connectivity index (χ1v) is 16.1. The molecule has 1 spiro atoms. The minimum absolute atomic E-state index is 0.0531. The molecule has 16 heteroatoms. The summed E-state index contributed by atoms with van der Waals surface area (Å²) in [4.78, 5) is 50.6. The van der Waals surface area contributed by atoms with Crippen molar-refractivity contribution in [2.24, 2.45) is 0 Å². The van der Waals surface area contributed by atoms with Crippen LogP contribution in [0.1, 0.15) is 62.8 Å². The van der Waals surface area contributed by atoms with E-state index < -0.39 is 71.3 Å². The van der Waals surface area contributed by atoms with Crippen molar-refractivity contribution in [3.8, 4) is 11.5 Å². The number of carbonyl (C=O) groups excluding carboxylic acids is 3. The molecule has 1 amide bonds. The Labute approximate surface area is 290 Å². The second kappa shape index (κ2) is 13.5. The summed E-state index contributed by atoms with van der Waals surface area (Å²) >= 11 is 0. The average molecular weight is 721 g/mol. The van der Waals surface area contributed by atoms with Crippen molar-refractivity contribution in [1.82, 2.24) is 10.2 Å². The highest BCUT2D eigenvalue weighted by molar-refractivity contribution is 5.90. The van der Waals surface area contributed by atoms with Crippen molar-refractivity contribution >= 4 is 23.8 Å². The number of likely N-dealkylation sites (tertiary alicyclic amines) is 1. The molecule has 5 N–H and O–H groups in total. The molecule has 2 bridgehead atoms. The van der Waals surface area contributed by atoms with Crippen LogP contribution in [0.15, 0.2) is 54.3 Å². The van der Waals surface area contributed by atoms with Crippen molar-refractivity contribution in [3.05, 3.63) is 71.0 Å². The fourth-order valence-electron chi connectivity index (χ4n) is 7.38. The van der Waals surface area contributed by atoms with Crippen LogP contribution in [0.4, 0.5) is 13.2 Å². The number of likely N-dealkylation sites (N-methyl/N-ethyl adjacent to an activating group) is 1. The SMILES string of the molecule is CN1CC[C@]23c4c5ccc(O)c4O[C@H]2C(OC(=O)C[C@H](NC(=O)[C@@H](O)c2ccccc2)C(=O)OC(C)(C)C)=CC[C@@]3(O)[C@H]1C5.O=C(O)C(F)(F)F. The highest BCUT2D eigenvalue weighted by Gasteiger charge is 2.72. The lowest BCUT2D eigenvalue weighted by Crippen LogP contribution is -2.74. The van der Waals surface area contributed by atoms with Crippen LogP contribution < -0.4 is 10.1 Å². The van der Waals surface area contributed by atoms with Crippen molar-refractivity contribution in [1.29, 1.82) is 0 Å². The molecular weight excluding hydrogens is 681 g/mol. The highest BCUT2D eigenvalue weighted by atomic mass is 19.4. The van der Waals surface area contributed by atoms with Gasteiger partial charge in [0.2, 0.25) is 0 Å². The van der Waals surface area contributed by atoms with E-state index in [0.717, 1.165) is 11.1 Å². The number of aliphatic carboxylic acids is 1. The van der Waals surface area contributed by atoms with Gasteiger partial charge in [0.1, 0.15) is 17.4 Å². The zero-order chi connectivity index (χ0) is 37.7. The molecule has 276 valence electrons. The number of piperidine rings is 1. The lowest BCUT2D eigenvalue weighted by molar-refractivity contribution is -0.192. The molecule has 2 aromatic carbocycles. The predicted molar refractivity (Wildman–Crippen MR) is 170 cm³/mol. The Morgan fingerprint density at radius 1 is 1.10 bits per heavy atom. The van der Waals surface area contributed by atoms with Crippen molar-refractivity contribution in [2.75, 3.05) is 13.6 Å². The zero-order valence-corrected chi connectivity index (χ0v) is 28.2. The Hall–Kier alpha value is -4.67. The summed E-state index contributed by atoms with van der Waals surface area (Å²) in [5, 5.41) is 43.2. The summed E-state index contributed by atoms with van der Waals surface area (Å²) in [5.74, 6) is -4.93. The van der Waals surface area contributed by atoms with Crippen LogP contribution in [0, 0.1) is 0 Å². The van der Waals surface area contributed by atoms with Gasteiger partial charge in [0.25, 0.3) is 5.91 Å². The van der Waals surface area contributed by atoms with Gasteiger partial charge in [-0.25, -0.2) is 9.59 Å². The molecule has 4 aliphatic rings. The number of rotatable bonds is 7. The zero-order valence-electron chi connectivity index (χ0n) is 28.2. The largest absolute Gasteiger partial charge is 0.504 e. The highest BCUT2D eigenvalue weighted by Crippen LogP contribution is 2.65. The first kappa shape index (κ1) is 37.6. The molecule has 0 aromatic heterocycles. The predicted octanol–water partition coefficient (Wildman–Crippen LogP) is 2.80. The van der Waals surface area contributed by atoms with E-state index in [1.54, 1.807) is 63.2 Å². The number of phenolic OH excluding ortho intramolecular Hbond substituents is 1. The third-order valence-electron chi connectivity index (χ3n) is 9.57. The van der Waals surface area contributed by atoms with Crippen LogP contribution >= 0.6 is 0 Å². The number of aliphatic hydroxyl groups excluding tert-OH is 1. The number of hydrogen-bond acceptors (Lipinski definition) is 11. The fraction of sp³-hybridized carbons (Fsp3) is 0.486. The van der Waals surface area contributed by atoms with Gasteiger partial charge in [-0.2, -0.15) is 13.2 Å². The number of aliphatic hydroxyl groups is 2. The molecule has 1 saturated heterocycles. The van der Waals surface area contributed by atoms with Gasteiger partial charge in [0, 0.05) is 18.0 Å². The van der Waals surface area contributed by atoms with Gasteiger partial charge >= 0.3 is 24.1 Å². The smallest absolute Gasteiger partial charge is 0.490 e. The van der Waals surface area contributed by atoms with E-state index in [1.165, 1.54) is 0 Å². The number of esters is 2. The molecule has 0 saturated carbocycles. The average Bonchev–Trinajstić information content (AvgIpc) is 3.40. The first-order chi connectivity index (χ1) is 23.7. The maximum absolute atomic E-state index is 13.4. The number of ether oxygens (including phenoxy) is 3. The van der Waals surface area contributed by atoms with Gasteiger partial charge in [-0.3, -0.25) is 9.59 Å². The van der Waals surface area contributed by atoms with E-state index in [4.69, 9.17) is 24.1 Å². The van der Waals surface area contributed by atoms with E-state index >= 15 is 0 Å². The molecular formula is C35H39F3N2O11. The van der Waals surface area contributed by atoms with Gasteiger partial charge in [-0.05, 0) is 70.5 Å². The topological polar surface area (TPSA) is 192 Å². The van der Waals surface area contributed by atoms with Crippen molar-refractivity contribution < 1.29 is 67.0 Å². The van der Waals surface area contributed by atoms with E-state index in [9.17, 15) is 42.9 Å². The fourth-order valence-corrected chi connectivity index (χ4v) is 7.38. The van der Waals surface area contributed by atoms with Crippen LogP contribution in [0.2, 0.25) is 0 Å². The summed E-state index contributed by atoms with van der Waals surface area (Å²) in [6, 6.07) is 9.98. The minimum Gasteiger partial charge on any atom is -0.504 e. The molecule has 13 nitrogen and oxygen atoms in total. The standard InChI is InChI=1S/C33H38N2O9.C2HF3O2/c1-31(2,3)44-30(40)20(34-29(39)26(38)18-8-6-5-7-9-18)17-24(37)42-22-12-13-33(41)23-16-19-10-11-21(36)27-25(19)32(33,28(22)43-27)14-15-35(23)4;3-2(4,5)1(6)7/h5-12,20,23,26,28,36,38,41H,13-17H2,1-4H3,(H,34,39);(H,6,7)/t20-,23+,26-,28-,32-,33+;/m0./s1. The number of carboxylic acids is 1. The Balaban J connectivity index is 0.000000654. The molecule has 1 fully saturated rings. The van der Waals surface area contributed by atoms with Gasteiger partial charge < -0.3 is 44.9 Å². The molecule has 2 aromatic rings. The molecule has 2 heterocycles. The summed E-state index contributed by atoms with van der Waals surface area (Å²) in [6.45, 7) is 5.64. The van der Waals surface area contributed by atoms with Gasteiger partial charge in [0.15, 0.2) is 23.7 Å². The molecule has 51 heavy (non-hydrogen) atoms. The van der Waals surface area contributed by atoms with E-state index in [2.05, 4.69) is 10.2 Å².